The Labute approximate surface area is 170 Å². The number of amides is 1. The molecule has 150 valence electrons. The Balaban J connectivity index is 1.49. The zero-order valence-corrected chi connectivity index (χ0v) is 15.6. The molecule has 1 heterocycles. The van der Waals surface area contributed by atoms with E-state index in [9.17, 15) is 18.0 Å². The summed E-state index contributed by atoms with van der Waals surface area (Å²) in [7, 11) is 0. The lowest BCUT2D eigenvalue weighted by Crippen LogP contribution is -2.25. The molecule has 0 saturated carbocycles. The standard InChI is InChI=1S/C23H16F3N3O/c24-17-9-7-15(8-10-17)20-13-27-22(29-20)16-4-1-3-14(11-16)12-28-23(30)21-18(25)5-2-6-19(21)26/h1-11,13H,12H2,(H,27,29)(H,28,30). The Morgan fingerprint density at radius 1 is 0.900 bits per heavy atom. The van der Waals surface area contributed by atoms with E-state index in [4.69, 9.17) is 0 Å². The number of aromatic nitrogens is 2. The fraction of sp³-hybridized carbons (Fsp3) is 0.0435. The third-order valence-corrected chi connectivity index (χ3v) is 4.57. The van der Waals surface area contributed by atoms with Crippen molar-refractivity contribution in [3.63, 3.8) is 0 Å². The molecule has 2 N–H and O–H groups in total. The van der Waals surface area contributed by atoms with Crippen LogP contribution in [0.3, 0.4) is 0 Å². The summed E-state index contributed by atoms with van der Waals surface area (Å²) in [6.45, 7) is 0.0893. The topological polar surface area (TPSA) is 57.8 Å². The van der Waals surface area contributed by atoms with Gasteiger partial charge in [-0.3, -0.25) is 4.79 Å². The van der Waals surface area contributed by atoms with Crippen molar-refractivity contribution in [2.24, 2.45) is 0 Å². The van der Waals surface area contributed by atoms with Crippen LogP contribution < -0.4 is 5.32 Å². The van der Waals surface area contributed by atoms with E-state index in [1.807, 2.05) is 12.1 Å². The van der Waals surface area contributed by atoms with Crippen LogP contribution in [0.15, 0.2) is 72.9 Å². The normalized spacial score (nSPS) is 10.8. The molecular weight excluding hydrogens is 391 g/mol. The van der Waals surface area contributed by atoms with E-state index in [1.54, 1.807) is 30.5 Å². The SMILES string of the molecule is O=C(NCc1cccc(-c2ncc(-c3ccc(F)cc3)[nH]2)c1)c1c(F)cccc1F. The summed E-state index contributed by atoms with van der Waals surface area (Å²) in [4.78, 5) is 19.7. The van der Waals surface area contributed by atoms with Gasteiger partial charge in [0.1, 0.15) is 28.8 Å². The number of rotatable bonds is 5. The second-order valence-electron chi connectivity index (χ2n) is 6.63. The first-order valence-electron chi connectivity index (χ1n) is 9.14. The summed E-state index contributed by atoms with van der Waals surface area (Å²) in [6.07, 6.45) is 1.65. The molecular formula is C23H16F3N3O. The number of aromatic amines is 1. The van der Waals surface area contributed by atoms with E-state index in [2.05, 4.69) is 15.3 Å². The van der Waals surface area contributed by atoms with Crippen molar-refractivity contribution in [1.82, 2.24) is 15.3 Å². The maximum absolute atomic E-state index is 13.7. The van der Waals surface area contributed by atoms with Crippen molar-refractivity contribution in [2.75, 3.05) is 0 Å². The number of nitrogens with one attached hydrogen (secondary N) is 2. The average Bonchev–Trinajstić information content (AvgIpc) is 3.23. The van der Waals surface area contributed by atoms with E-state index in [0.29, 0.717) is 5.82 Å². The lowest BCUT2D eigenvalue weighted by atomic mass is 10.1. The van der Waals surface area contributed by atoms with Crippen molar-refractivity contribution < 1.29 is 18.0 Å². The van der Waals surface area contributed by atoms with Crippen LogP contribution >= 0.6 is 0 Å². The highest BCUT2D eigenvalue weighted by Crippen LogP contribution is 2.23. The van der Waals surface area contributed by atoms with Crippen LogP contribution in [0.2, 0.25) is 0 Å². The molecule has 0 radical (unpaired) electrons. The molecule has 0 atom stereocenters. The number of carbonyl (C=O) groups is 1. The van der Waals surface area contributed by atoms with Gasteiger partial charge in [0.05, 0.1) is 11.9 Å². The molecule has 0 spiro atoms. The summed E-state index contributed by atoms with van der Waals surface area (Å²) < 4.78 is 40.6. The van der Waals surface area contributed by atoms with Crippen LogP contribution in [0.1, 0.15) is 15.9 Å². The average molecular weight is 407 g/mol. The Morgan fingerprint density at radius 2 is 1.60 bits per heavy atom. The van der Waals surface area contributed by atoms with Gasteiger partial charge >= 0.3 is 0 Å². The largest absolute Gasteiger partial charge is 0.348 e. The summed E-state index contributed by atoms with van der Waals surface area (Å²) in [5.74, 6) is -2.37. The van der Waals surface area contributed by atoms with Gasteiger partial charge in [-0.15, -0.1) is 0 Å². The van der Waals surface area contributed by atoms with Gasteiger partial charge in [-0.05, 0) is 53.6 Å². The van der Waals surface area contributed by atoms with Gasteiger partial charge in [0.2, 0.25) is 0 Å². The van der Waals surface area contributed by atoms with Gasteiger partial charge in [-0.25, -0.2) is 18.2 Å². The highest BCUT2D eigenvalue weighted by Gasteiger charge is 2.16. The fourth-order valence-corrected chi connectivity index (χ4v) is 3.06. The third-order valence-electron chi connectivity index (χ3n) is 4.57. The molecule has 0 saturated heterocycles. The summed E-state index contributed by atoms with van der Waals surface area (Å²) in [6, 6.07) is 16.6. The van der Waals surface area contributed by atoms with Gasteiger partial charge in [0.25, 0.3) is 5.91 Å². The monoisotopic (exact) mass is 407 g/mol. The predicted octanol–water partition coefficient (Wildman–Crippen LogP) is 5.09. The molecule has 0 fully saturated rings. The number of halogens is 3. The van der Waals surface area contributed by atoms with Crippen molar-refractivity contribution in [1.29, 1.82) is 0 Å². The Hall–Kier alpha value is -3.87. The zero-order chi connectivity index (χ0) is 21.1. The molecule has 1 aromatic heterocycles. The molecule has 0 aliphatic rings. The first-order chi connectivity index (χ1) is 14.5. The van der Waals surface area contributed by atoms with Crippen molar-refractivity contribution >= 4 is 5.91 Å². The molecule has 0 bridgehead atoms. The van der Waals surface area contributed by atoms with Crippen molar-refractivity contribution in [3.05, 3.63) is 102 Å². The summed E-state index contributed by atoms with van der Waals surface area (Å²) in [5.41, 5.74) is 2.43. The highest BCUT2D eigenvalue weighted by atomic mass is 19.1. The zero-order valence-electron chi connectivity index (χ0n) is 15.6. The number of hydrogen-bond acceptors (Lipinski definition) is 2. The van der Waals surface area contributed by atoms with E-state index >= 15 is 0 Å². The molecule has 0 unspecified atom stereocenters. The van der Waals surface area contributed by atoms with Crippen LogP contribution in [0, 0.1) is 17.5 Å². The van der Waals surface area contributed by atoms with E-state index in [1.165, 1.54) is 18.2 Å². The quantitative estimate of drug-likeness (QED) is 0.484. The van der Waals surface area contributed by atoms with Crippen LogP contribution in [0.4, 0.5) is 13.2 Å². The van der Waals surface area contributed by atoms with E-state index < -0.39 is 23.1 Å². The van der Waals surface area contributed by atoms with Crippen LogP contribution in [-0.4, -0.2) is 15.9 Å². The number of hydrogen-bond donors (Lipinski definition) is 2. The molecule has 0 aliphatic heterocycles. The molecule has 0 aliphatic carbocycles. The van der Waals surface area contributed by atoms with Gasteiger partial charge in [-0.1, -0.05) is 24.3 Å². The van der Waals surface area contributed by atoms with Crippen LogP contribution in [0.25, 0.3) is 22.6 Å². The molecule has 4 aromatic rings. The van der Waals surface area contributed by atoms with Crippen LogP contribution in [-0.2, 0) is 6.54 Å². The third kappa shape index (κ3) is 4.10. The van der Waals surface area contributed by atoms with Crippen molar-refractivity contribution in [3.8, 4) is 22.6 Å². The molecule has 30 heavy (non-hydrogen) atoms. The fourth-order valence-electron chi connectivity index (χ4n) is 3.06. The minimum atomic E-state index is -0.912. The van der Waals surface area contributed by atoms with Gasteiger partial charge in [0.15, 0.2) is 0 Å². The predicted molar refractivity (Wildman–Crippen MR) is 107 cm³/mol. The lowest BCUT2D eigenvalue weighted by Gasteiger charge is -2.08. The smallest absolute Gasteiger partial charge is 0.257 e. The second kappa shape index (κ2) is 8.24. The first-order valence-corrected chi connectivity index (χ1v) is 9.14. The highest BCUT2D eigenvalue weighted by molar-refractivity contribution is 5.94. The number of imidazole rings is 1. The van der Waals surface area contributed by atoms with Gasteiger partial charge in [-0.2, -0.15) is 0 Å². The minimum Gasteiger partial charge on any atom is -0.348 e. The second-order valence-corrected chi connectivity index (χ2v) is 6.63. The minimum absolute atomic E-state index is 0.0893. The molecule has 3 aromatic carbocycles. The molecule has 4 nitrogen and oxygen atoms in total. The Bertz CT molecular complexity index is 1180. The Kier molecular flexibility index (Phi) is 5.34. The lowest BCUT2D eigenvalue weighted by molar-refractivity contribution is 0.0942. The number of H-pyrrole nitrogens is 1. The molecule has 1 amide bonds. The van der Waals surface area contributed by atoms with Gasteiger partial charge in [0, 0.05) is 12.1 Å². The maximum Gasteiger partial charge on any atom is 0.257 e. The number of benzene rings is 3. The maximum atomic E-state index is 13.7. The van der Waals surface area contributed by atoms with Crippen molar-refractivity contribution in [2.45, 2.75) is 6.54 Å². The first kappa shape index (κ1) is 19.4. The van der Waals surface area contributed by atoms with E-state index in [0.717, 1.165) is 34.5 Å². The van der Waals surface area contributed by atoms with Gasteiger partial charge < -0.3 is 10.3 Å². The molecule has 4 rings (SSSR count). The summed E-state index contributed by atoms with van der Waals surface area (Å²) in [5, 5.41) is 2.53. The van der Waals surface area contributed by atoms with E-state index in [-0.39, 0.29) is 12.4 Å². The molecule has 7 heteroatoms. The van der Waals surface area contributed by atoms with Crippen LogP contribution in [0.5, 0.6) is 0 Å². The number of carbonyl (C=O) groups excluding carboxylic acids is 1. The Morgan fingerprint density at radius 3 is 2.33 bits per heavy atom. The number of nitrogens with zero attached hydrogens (tertiary/aromatic N) is 1. The summed E-state index contributed by atoms with van der Waals surface area (Å²) >= 11 is 0.